The number of aliphatic imine (C=N–C) groups is 1. The maximum absolute atomic E-state index is 11.6. The standard InChI is InChI=1S/C25H36N8O/c1-30-12-14-32(15-13-30)23-10-4-9-22-29-19(21(33(22)23)16-28-25(26)34)17-31(2)20-8-3-6-18-7-5-11-27-24(18)20/h4-5,7,9-11,19-21H,3,6,8,12-17H2,1-2H3,(H3,26,28,34)/t19?,20-,21?/m0/s1. The number of fused-ring (bicyclic) bond motifs is 2. The van der Waals surface area contributed by atoms with Gasteiger partial charge >= 0.3 is 6.03 Å². The molecule has 0 bridgehead atoms. The van der Waals surface area contributed by atoms with Crippen LogP contribution in [0.1, 0.15) is 30.1 Å². The number of hydrogen-bond acceptors (Lipinski definition) is 7. The maximum atomic E-state index is 11.6. The van der Waals surface area contributed by atoms with E-state index in [-0.39, 0.29) is 18.1 Å². The Kier molecular flexibility index (Phi) is 6.56. The number of pyridine rings is 1. The van der Waals surface area contributed by atoms with Crippen LogP contribution >= 0.6 is 0 Å². The second-order valence-corrected chi connectivity index (χ2v) is 9.81. The van der Waals surface area contributed by atoms with Crippen molar-refractivity contribution in [3.8, 4) is 0 Å². The maximum Gasteiger partial charge on any atom is 0.312 e. The average Bonchev–Trinajstić information content (AvgIpc) is 3.19. The Morgan fingerprint density at radius 2 is 2.12 bits per heavy atom. The molecule has 1 aliphatic carbocycles. The first kappa shape index (κ1) is 22.9. The molecule has 3 atom stereocenters. The molecule has 0 saturated carbocycles. The summed E-state index contributed by atoms with van der Waals surface area (Å²) in [5, 5.41) is 2.86. The fourth-order valence-electron chi connectivity index (χ4n) is 5.70. The van der Waals surface area contributed by atoms with Gasteiger partial charge in [-0.2, -0.15) is 0 Å². The molecule has 3 N–H and O–H groups in total. The lowest BCUT2D eigenvalue weighted by Crippen LogP contribution is -2.55. The van der Waals surface area contributed by atoms with Gasteiger partial charge in [0, 0.05) is 45.5 Å². The molecule has 34 heavy (non-hydrogen) atoms. The van der Waals surface area contributed by atoms with E-state index in [0.717, 1.165) is 51.4 Å². The number of nitrogens with one attached hydrogen (secondary N) is 1. The van der Waals surface area contributed by atoms with Gasteiger partial charge in [-0.25, -0.2) is 4.79 Å². The number of carbonyl (C=O) groups excluding carboxylic acids is 1. The summed E-state index contributed by atoms with van der Waals surface area (Å²) in [6, 6.07) is 4.05. The molecule has 9 nitrogen and oxygen atoms in total. The van der Waals surface area contributed by atoms with E-state index in [1.54, 1.807) is 0 Å². The number of aromatic nitrogens is 1. The van der Waals surface area contributed by atoms with Gasteiger partial charge in [0.1, 0.15) is 11.7 Å². The number of nitrogens with zero attached hydrogens (tertiary/aromatic N) is 6. The summed E-state index contributed by atoms with van der Waals surface area (Å²) in [6.07, 6.45) is 11.6. The number of nitrogens with two attached hydrogens (primary N) is 1. The number of piperazine rings is 1. The normalized spacial score (nSPS) is 26.7. The molecular formula is C25H36N8O. The molecule has 182 valence electrons. The number of rotatable bonds is 6. The first-order valence-electron chi connectivity index (χ1n) is 12.4. The minimum absolute atomic E-state index is 0.00704. The van der Waals surface area contributed by atoms with Crippen LogP contribution in [-0.4, -0.2) is 102 Å². The molecule has 0 radical (unpaired) electrons. The van der Waals surface area contributed by atoms with Crippen molar-refractivity contribution in [3.05, 3.63) is 53.6 Å². The fourth-order valence-corrected chi connectivity index (χ4v) is 5.70. The highest BCUT2D eigenvalue weighted by atomic mass is 16.2. The topological polar surface area (TPSA) is 93.3 Å². The fraction of sp³-hybridized carbons (Fsp3) is 0.560. The van der Waals surface area contributed by atoms with Gasteiger partial charge in [-0.15, -0.1) is 0 Å². The lowest BCUT2D eigenvalue weighted by molar-refractivity contribution is 0.140. The van der Waals surface area contributed by atoms with Crippen molar-refractivity contribution in [2.24, 2.45) is 10.7 Å². The zero-order valence-electron chi connectivity index (χ0n) is 20.2. The van der Waals surface area contributed by atoms with Crippen LogP contribution in [-0.2, 0) is 6.42 Å². The molecule has 0 aromatic carbocycles. The van der Waals surface area contributed by atoms with Crippen LogP contribution in [0.5, 0.6) is 0 Å². The molecule has 1 aromatic heterocycles. The van der Waals surface area contributed by atoms with Crippen LogP contribution in [0.25, 0.3) is 0 Å². The third-order valence-electron chi connectivity index (χ3n) is 7.54. The molecule has 2 amide bonds. The van der Waals surface area contributed by atoms with Gasteiger partial charge in [0.2, 0.25) is 0 Å². The summed E-state index contributed by atoms with van der Waals surface area (Å²) >= 11 is 0. The number of hydrogen-bond donors (Lipinski definition) is 2. The highest BCUT2D eigenvalue weighted by molar-refractivity contribution is 5.97. The summed E-state index contributed by atoms with van der Waals surface area (Å²) in [6.45, 7) is 5.27. The number of amidine groups is 1. The molecule has 1 aromatic rings. The summed E-state index contributed by atoms with van der Waals surface area (Å²) in [4.78, 5) is 31.0. The van der Waals surface area contributed by atoms with E-state index in [1.165, 1.54) is 23.5 Å². The van der Waals surface area contributed by atoms with Gasteiger partial charge in [-0.05, 0) is 57.1 Å². The van der Waals surface area contributed by atoms with Crippen LogP contribution in [0.2, 0.25) is 0 Å². The van der Waals surface area contributed by atoms with Crippen molar-refractivity contribution in [1.29, 1.82) is 0 Å². The zero-order chi connectivity index (χ0) is 23.7. The summed E-state index contributed by atoms with van der Waals surface area (Å²) in [7, 11) is 4.34. The van der Waals surface area contributed by atoms with Crippen LogP contribution < -0.4 is 11.1 Å². The van der Waals surface area contributed by atoms with Gasteiger partial charge in [0.15, 0.2) is 0 Å². The van der Waals surface area contributed by atoms with Gasteiger partial charge < -0.3 is 25.8 Å². The van der Waals surface area contributed by atoms with Crippen molar-refractivity contribution in [1.82, 2.24) is 29.9 Å². The molecule has 5 rings (SSSR count). The van der Waals surface area contributed by atoms with Crippen LogP contribution in [0, 0.1) is 0 Å². The second kappa shape index (κ2) is 9.76. The SMILES string of the molecule is CN1CCN(C2=CC=CC3=NC(CN(C)[C@H]4CCCc5cccnc54)C(CNC(N)=O)N23)CC1. The van der Waals surface area contributed by atoms with E-state index in [9.17, 15) is 4.79 Å². The number of primary amides is 1. The first-order valence-corrected chi connectivity index (χ1v) is 12.4. The third-order valence-corrected chi connectivity index (χ3v) is 7.54. The number of carbonyl (C=O) groups is 1. The number of aryl methyl sites for hydroxylation is 1. The minimum Gasteiger partial charge on any atom is -0.355 e. The van der Waals surface area contributed by atoms with Crippen LogP contribution in [0.3, 0.4) is 0 Å². The first-order chi connectivity index (χ1) is 16.5. The van der Waals surface area contributed by atoms with E-state index < -0.39 is 6.03 Å². The van der Waals surface area contributed by atoms with Crippen molar-refractivity contribution < 1.29 is 4.79 Å². The molecule has 3 aliphatic heterocycles. The quantitative estimate of drug-likeness (QED) is 0.657. The predicted molar refractivity (Wildman–Crippen MR) is 133 cm³/mol. The number of allylic oxidation sites excluding steroid dienone is 2. The van der Waals surface area contributed by atoms with Gasteiger partial charge in [0.25, 0.3) is 0 Å². The Bertz CT molecular complexity index is 996. The Hall–Kier alpha value is -2.91. The van der Waals surface area contributed by atoms with Crippen molar-refractivity contribution in [3.63, 3.8) is 0 Å². The van der Waals surface area contributed by atoms with E-state index >= 15 is 0 Å². The van der Waals surface area contributed by atoms with Gasteiger partial charge in [-0.3, -0.25) is 14.9 Å². The van der Waals surface area contributed by atoms with E-state index in [0.29, 0.717) is 6.54 Å². The monoisotopic (exact) mass is 464 g/mol. The Morgan fingerprint density at radius 3 is 2.91 bits per heavy atom. The number of urea groups is 1. The Labute approximate surface area is 202 Å². The zero-order valence-corrected chi connectivity index (χ0v) is 20.2. The summed E-state index contributed by atoms with van der Waals surface area (Å²) in [5.41, 5.74) is 8.03. The van der Waals surface area contributed by atoms with Gasteiger partial charge in [0.05, 0.1) is 23.8 Å². The molecule has 1 saturated heterocycles. The third kappa shape index (κ3) is 4.54. The summed E-state index contributed by atoms with van der Waals surface area (Å²) < 4.78 is 0. The molecule has 0 spiro atoms. The largest absolute Gasteiger partial charge is 0.355 e. The highest BCUT2D eigenvalue weighted by Gasteiger charge is 2.41. The highest BCUT2D eigenvalue weighted by Crippen LogP contribution is 2.34. The molecule has 4 heterocycles. The van der Waals surface area contributed by atoms with E-state index in [4.69, 9.17) is 15.7 Å². The molecular weight excluding hydrogens is 428 g/mol. The molecule has 1 fully saturated rings. The lowest BCUT2D eigenvalue weighted by atomic mass is 9.90. The molecule has 9 heteroatoms. The van der Waals surface area contributed by atoms with E-state index in [2.05, 4.69) is 63.3 Å². The van der Waals surface area contributed by atoms with Crippen molar-refractivity contribution in [2.45, 2.75) is 37.4 Å². The molecule has 4 aliphatic rings. The average molecular weight is 465 g/mol. The number of amides is 2. The Balaban J connectivity index is 1.37. The van der Waals surface area contributed by atoms with Crippen molar-refractivity contribution >= 4 is 11.9 Å². The van der Waals surface area contributed by atoms with E-state index in [1.807, 2.05) is 12.3 Å². The predicted octanol–water partition coefficient (Wildman–Crippen LogP) is 1.17. The summed E-state index contributed by atoms with van der Waals surface area (Å²) in [5.74, 6) is 2.13. The second-order valence-electron chi connectivity index (χ2n) is 9.81. The lowest BCUT2D eigenvalue weighted by Gasteiger charge is -2.42. The Morgan fingerprint density at radius 1 is 1.29 bits per heavy atom. The number of likely N-dealkylation sites (N-methyl/N-ethyl adjacent to an activating group) is 2. The minimum atomic E-state index is -0.497. The smallest absolute Gasteiger partial charge is 0.312 e. The van der Waals surface area contributed by atoms with Crippen molar-refractivity contribution in [2.75, 3.05) is 53.4 Å². The van der Waals surface area contributed by atoms with Gasteiger partial charge in [-0.1, -0.05) is 12.1 Å². The van der Waals surface area contributed by atoms with Crippen LogP contribution in [0.15, 0.2) is 47.4 Å². The molecule has 2 unspecified atom stereocenters. The van der Waals surface area contributed by atoms with Crippen LogP contribution in [0.4, 0.5) is 4.79 Å².